The highest BCUT2D eigenvalue weighted by Crippen LogP contribution is 2.20. The molecule has 0 bridgehead atoms. The van der Waals surface area contributed by atoms with Crippen LogP contribution in [-0.4, -0.2) is 17.9 Å². The molecule has 1 aromatic carbocycles. The van der Waals surface area contributed by atoms with Gasteiger partial charge in [-0.05, 0) is 46.9 Å². The molecule has 0 aliphatic heterocycles. The van der Waals surface area contributed by atoms with Gasteiger partial charge in [0.1, 0.15) is 5.82 Å². The van der Waals surface area contributed by atoms with E-state index in [1.54, 1.807) is 13.1 Å². The molecule has 1 aromatic heterocycles. The molecule has 0 aliphatic carbocycles. The zero-order valence-corrected chi connectivity index (χ0v) is 13.0. The maximum atomic E-state index is 12.0. The molecular formula is C13H11ClIN3O. The van der Waals surface area contributed by atoms with E-state index >= 15 is 0 Å². The lowest BCUT2D eigenvalue weighted by Gasteiger charge is -2.07. The fourth-order valence-corrected chi connectivity index (χ4v) is 2.32. The fourth-order valence-electron chi connectivity index (χ4n) is 1.52. The number of amides is 1. The van der Waals surface area contributed by atoms with Crippen LogP contribution in [0.25, 0.3) is 0 Å². The highest BCUT2D eigenvalue weighted by Gasteiger charge is 2.09. The van der Waals surface area contributed by atoms with Crippen LogP contribution in [0.2, 0.25) is 5.02 Å². The first kappa shape index (κ1) is 14.1. The van der Waals surface area contributed by atoms with Gasteiger partial charge in [0.05, 0.1) is 10.6 Å². The van der Waals surface area contributed by atoms with Gasteiger partial charge in [-0.1, -0.05) is 17.7 Å². The Kier molecular flexibility index (Phi) is 4.60. The highest BCUT2D eigenvalue weighted by atomic mass is 127. The zero-order chi connectivity index (χ0) is 13.8. The summed E-state index contributed by atoms with van der Waals surface area (Å²) in [4.78, 5) is 16.1. The summed E-state index contributed by atoms with van der Waals surface area (Å²) < 4.78 is 1.05. The Morgan fingerprint density at radius 1 is 1.37 bits per heavy atom. The van der Waals surface area contributed by atoms with E-state index in [-0.39, 0.29) is 5.91 Å². The number of carbonyl (C=O) groups excluding carboxylic acids is 1. The number of anilines is 2. The summed E-state index contributed by atoms with van der Waals surface area (Å²) in [6.45, 7) is 0. The normalized spacial score (nSPS) is 10.1. The first-order valence-electron chi connectivity index (χ1n) is 5.50. The standard InChI is InChI=1S/C13H11ClIN3O/c1-16-12-11(14)5-8(7-17-12)13(19)18-10-4-2-3-9(15)6-10/h2-7H,1H3,(H,16,17)(H,18,19). The van der Waals surface area contributed by atoms with Crippen LogP contribution in [0.15, 0.2) is 36.5 Å². The second-order valence-corrected chi connectivity index (χ2v) is 5.42. The van der Waals surface area contributed by atoms with Gasteiger partial charge in [-0.2, -0.15) is 0 Å². The minimum Gasteiger partial charge on any atom is -0.372 e. The van der Waals surface area contributed by atoms with Gasteiger partial charge < -0.3 is 10.6 Å². The topological polar surface area (TPSA) is 54.0 Å². The van der Waals surface area contributed by atoms with E-state index in [1.807, 2.05) is 24.3 Å². The molecule has 0 aliphatic rings. The van der Waals surface area contributed by atoms with E-state index < -0.39 is 0 Å². The minimum atomic E-state index is -0.237. The number of nitrogens with one attached hydrogen (secondary N) is 2. The molecule has 0 radical (unpaired) electrons. The van der Waals surface area contributed by atoms with Gasteiger partial charge in [0.15, 0.2) is 0 Å². The van der Waals surface area contributed by atoms with E-state index in [9.17, 15) is 4.79 Å². The summed E-state index contributed by atoms with van der Waals surface area (Å²) in [6.07, 6.45) is 1.49. The zero-order valence-electron chi connectivity index (χ0n) is 10.1. The first-order valence-corrected chi connectivity index (χ1v) is 6.96. The third-order valence-electron chi connectivity index (χ3n) is 2.42. The van der Waals surface area contributed by atoms with Crippen molar-refractivity contribution in [1.82, 2.24) is 4.98 Å². The van der Waals surface area contributed by atoms with Crippen molar-refractivity contribution >= 4 is 51.6 Å². The summed E-state index contributed by atoms with van der Waals surface area (Å²) in [5.74, 6) is 0.312. The number of nitrogens with zero attached hydrogens (tertiary/aromatic N) is 1. The van der Waals surface area contributed by atoms with Gasteiger partial charge in [0.25, 0.3) is 5.91 Å². The lowest BCUT2D eigenvalue weighted by atomic mass is 10.2. The largest absolute Gasteiger partial charge is 0.372 e. The highest BCUT2D eigenvalue weighted by molar-refractivity contribution is 14.1. The molecule has 98 valence electrons. The van der Waals surface area contributed by atoms with Gasteiger partial charge >= 0.3 is 0 Å². The number of aromatic nitrogens is 1. The molecule has 1 amide bonds. The Bertz CT molecular complexity index is 619. The van der Waals surface area contributed by atoms with Crippen molar-refractivity contribution in [1.29, 1.82) is 0 Å². The molecule has 0 spiro atoms. The fraction of sp³-hybridized carbons (Fsp3) is 0.0769. The van der Waals surface area contributed by atoms with Crippen molar-refractivity contribution in [3.63, 3.8) is 0 Å². The van der Waals surface area contributed by atoms with Crippen molar-refractivity contribution in [2.45, 2.75) is 0 Å². The first-order chi connectivity index (χ1) is 9.10. The molecule has 0 saturated carbocycles. The minimum absolute atomic E-state index is 0.237. The average molecular weight is 388 g/mol. The summed E-state index contributed by atoms with van der Waals surface area (Å²) in [7, 11) is 1.72. The quantitative estimate of drug-likeness (QED) is 0.791. The summed E-state index contributed by atoms with van der Waals surface area (Å²) in [6, 6.07) is 9.14. The Hall–Kier alpha value is -1.34. The summed E-state index contributed by atoms with van der Waals surface area (Å²) in [5, 5.41) is 6.06. The predicted molar refractivity (Wildman–Crippen MR) is 85.9 cm³/mol. The third kappa shape index (κ3) is 3.57. The number of benzene rings is 1. The van der Waals surface area contributed by atoms with Crippen LogP contribution in [0.1, 0.15) is 10.4 Å². The van der Waals surface area contributed by atoms with Crippen molar-refractivity contribution in [2.75, 3.05) is 17.7 Å². The van der Waals surface area contributed by atoms with E-state index in [1.165, 1.54) is 6.20 Å². The lowest BCUT2D eigenvalue weighted by molar-refractivity contribution is 0.102. The SMILES string of the molecule is CNc1ncc(C(=O)Nc2cccc(I)c2)cc1Cl. The van der Waals surface area contributed by atoms with Gasteiger partial charge in [0.2, 0.25) is 0 Å². The molecule has 2 rings (SSSR count). The van der Waals surface area contributed by atoms with Crippen LogP contribution in [-0.2, 0) is 0 Å². The molecule has 0 fully saturated rings. The average Bonchev–Trinajstić information content (AvgIpc) is 2.38. The molecule has 0 unspecified atom stereocenters. The Morgan fingerprint density at radius 3 is 2.79 bits per heavy atom. The molecule has 4 nitrogen and oxygen atoms in total. The Balaban J connectivity index is 2.18. The van der Waals surface area contributed by atoms with Crippen LogP contribution in [0.3, 0.4) is 0 Å². The Labute approximate surface area is 129 Å². The molecule has 2 N–H and O–H groups in total. The monoisotopic (exact) mass is 387 g/mol. The third-order valence-corrected chi connectivity index (χ3v) is 3.38. The van der Waals surface area contributed by atoms with Crippen molar-refractivity contribution in [3.05, 3.63) is 50.7 Å². The molecular weight excluding hydrogens is 377 g/mol. The van der Waals surface area contributed by atoms with Crippen molar-refractivity contribution < 1.29 is 4.79 Å². The number of carbonyl (C=O) groups is 1. The smallest absolute Gasteiger partial charge is 0.257 e. The molecule has 0 atom stereocenters. The maximum absolute atomic E-state index is 12.0. The number of pyridine rings is 1. The lowest BCUT2D eigenvalue weighted by Crippen LogP contribution is -2.12. The number of hydrogen-bond acceptors (Lipinski definition) is 3. The van der Waals surface area contributed by atoms with Crippen LogP contribution in [0.5, 0.6) is 0 Å². The van der Waals surface area contributed by atoms with Gasteiger partial charge in [-0.15, -0.1) is 0 Å². The number of rotatable bonds is 3. The second kappa shape index (κ2) is 6.21. The number of halogens is 2. The van der Waals surface area contributed by atoms with E-state index in [2.05, 4.69) is 38.2 Å². The molecule has 2 aromatic rings. The number of hydrogen-bond donors (Lipinski definition) is 2. The molecule has 0 saturated heterocycles. The molecule has 19 heavy (non-hydrogen) atoms. The van der Waals surface area contributed by atoms with E-state index in [0.717, 1.165) is 9.26 Å². The van der Waals surface area contributed by atoms with Crippen molar-refractivity contribution in [2.24, 2.45) is 0 Å². The maximum Gasteiger partial charge on any atom is 0.257 e. The van der Waals surface area contributed by atoms with E-state index in [4.69, 9.17) is 11.6 Å². The molecule has 6 heteroatoms. The summed E-state index contributed by atoms with van der Waals surface area (Å²) in [5.41, 5.74) is 1.16. The van der Waals surface area contributed by atoms with Crippen molar-refractivity contribution in [3.8, 4) is 0 Å². The van der Waals surface area contributed by atoms with Crippen LogP contribution in [0.4, 0.5) is 11.5 Å². The van der Waals surface area contributed by atoms with E-state index in [0.29, 0.717) is 16.4 Å². The van der Waals surface area contributed by atoms with Gasteiger partial charge in [-0.3, -0.25) is 4.79 Å². The van der Waals surface area contributed by atoms with Crippen LogP contribution < -0.4 is 10.6 Å². The van der Waals surface area contributed by atoms with Crippen LogP contribution >= 0.6 is 34.2 Å². The predicted octanol–water partition coefficient (Wildman–Crippen LogP) is 3.63. The van der Waals surface area contributed by atoms with Crippen LogP contribution in [0, 0.1) is 3.57 Å². The summed E-state index contributed by atoms with van der Waals surface area (Å²) >= 11 is 8.18. The second-order valence-electron chi connectivity index (χ2n) is 3.77. The molecule has 1 heterocycles. The van der Waals surface area contributed by atoms with Gasteiger partial charge in [0, 0.05) is 22.5 Å². The Morgan fingerprint density at radius 2 is 2.16 bits per heavy atom. The van der Waals surface area contributed by atoms with Gasteiger partial charge in [-0.25, -0.2) is 4.98 Å².